The molecule has 2 rings (SSSR count). The lowest BCUT2D eigenvalue weighted by molar-refractivity contribution is -0.384. The fraction of sp³-hybridized carbons (Fsp3) is 0.0833. The van der Waals surface area contributed by atoms with Gasteiger partial charge in [0.15, 0.2) is 5.75 Å². The van der Waals surface area contributed by atoms with Crippen LogP contribution in [0.5, 0.6) is 11.5 Å². The molecule has 98 valence electrons. The number of pyridine rings is 1. The summed E-state index contributed by atoms with van der Waals surface area (Å²) in [5.41, 5.74) is 0.682. The molecule has 0 saturated heterocycles. The van der Waals surface area contributed by atoms with E-state index in [0.717, 1.165) is 5.56 Å². The van der Waals surface area contributed by atoms with Gasteiger partial charge >= 0.3 is 0 Å². The van der Waals surface area contributed by atoms with Crippen LogP contribution >= 0.6 is 23.2 Å². The molecule has 0 amide bonds. The van der Waals surface area contributed by atoms with E-state index in [9.17, 15) is 10.1 Å². The van der Waals surface area contributed by atoms with Gasteiger partial charge in [-0.05, 0) is 17.7 Å². The number of alkyl halides is 1. The molecule has 7 heteroatoms. The van der Waals surface area contributed by atoms with Crippen molar-refractivity contribution in [2.45, 2.75) is 5.88 Å². The van der Waals surface area contributed by atoms with E-state index in [4.69, 9.17) is 27.9 Å². The number of nitro groups is 1. The molecule has 0 bridgehead atoms. The number of aromatic nitrogens is 1. The predicted octanol–water partition coefficient (Wildman–Crippen LogP) is 4.17. The number of ether oxygens (including phenoxy) is 1. The highest BCUT2D eigenvalue weighted by atomic mass is 35.5. The number of benzene rings is 1. The Hall–Kier alpha value is -1.85. The number of non-ortho nitro benzene ring substituents is 1. The molecule has 0 fully saturated rings. The summed E-state index contributed by atoms with van der Waals surface area (Å²) < 4.78 is 5.48. The molecule has 0 radical (unpaired) electrons. The maximum Gasteiger partial charge on any atom is 0.273 e. The zero-order chi connectivity index (χ0) is 13.8. The number of hydrogen-bond acceptors (Lipinski definition) is 4. The molecule has 19 heavy (non-hydrogen) atoms. The van der Waals surface area contributed by atoms with Crippen LogP contribution in [-0.4, -0.2) is 9.91 Å². The van der Waals surface area contributed by atoms with Crippen molar-refractivity contribution in [3.63, 3.8) is 0 Å². The third-order valence-corrected chi connectivity index (χ3v) is 2.90. The van der Waals surface area contributed by atoms with Gasteiger partial charge in [-0.2, -0.15) is 0 Å². The minimum atomic E-state index is -0.517. The lowest BCUT2D eigenvalue weighted by Gasteiger charge is -2.07. The highest BCUT2D eigenvalue weighted by molar-refractivity contribution is 6.32. The van der Waals surface area contributed by atoms with E-state index in [2.05, 4.69) is 4.98 Å². The molecule has 0 aliphatic carbocycles. The van der Waals surface area contributed by atoms with E-state index < -0.39 is 4.92 Å². The molecule has 1 heterocycles. The number of nitro benzene ring substituents is 1. The molecule has 0 atom stereocenters. The number of halogens is 2. The van der Waals surface area contributed by atoms with Gasteiger partial charge in [-0.3, -0.25) is 15.1 Å². The number of rotatable bonds is 4. The Morgan fingerprint density at radius 2 is 2.11 bits per heavy atom. The molecule has 0 unspecified atom stereocenters. The van der Waals surface area contributed by atoms with Crippen molar-refractivity contribution in [3.8, 4) is 11.5 Å². The molecular formula is C12H8Cl2N2O3. The van der Waals surface area contributed by atoms with Crippen molar-refractivity contribution in [3.05, 3.63) is 57.4 Å². The monoisotopic (exact) mass is 298 g/mol. The van der Waals surface area contributed by atoms with Crippen LogP contribution in [-0.2, 0) is 5.88 Å². The summed E-state index contributed by atoms with van der Waals surface area (Å²) in [7, 11) is 0. The minimum absolute atomic E-state index is 0.0964. The van der Waals surface area contributed by atoms with Gasteiger partial charge in [0.25, 0.3) is 5.69 Å². The van der Waals surface area contributed by atoms with Crippen molar-refractivity contribution in [1.82, 2.24) is 4.98 Å². The highest BCUT2D eigenvalue weighted by Gasteiger charge is 2.11. The van der Waals surface area contributed by atoms with Crippen molar-refractivity contribution < 1.29 is 9.66 Å². The summed E-state index contributed by atoms with van der Waals surface area (Å²) in [4.78, 5) is 14.1. The Morgan fingerprint density at radius 3 is 2.79 bits per heavy atom. The quantitative estimate of drug-likeness (QED) is 0.482. The summed E-state index contributed by atoms with van der Waals surface area (Å²) in [6, 6.07) is 5.67. The second kappa shape index (κ2) is 5.86. The summed E-state index contributed by atoms with van der Waals surface area (Å²) in [5.74, 6) is 0.914. The van der Waals surface area contributed by atoms with Crippen LogP contribution < -0.4 is 4.74 Å². The van der Waals surface area contributed by atoms with Gasteiger partial charge in [-0.1, -0.05) is 11.6 Å². The normalized spacial score (nSPS) is 10.2. The van der Waals surface area contributed by atoms with E-state index in [1.54, 1.807) is 12.3 Å². The van der Waals surface area contributed by atoms with Gasteiger partial charge in [0.2, 0.25) is 0 Å². The van der Waals surface area contributed by atoms with Gasteiger partial charge in [0.1, 0.15) is 5.75 Å². The largest absolute Gasteiger partial charge is 0.454 e. The Bertz CT molecular complexity index is 620. The molecule has 1 aromatic carbocycles. The lowest BCUT2D eigenvalue weighted by atomic mass is 10.3. The van der Waals surface area contributed by atoms with Gasteiger partial charge in [-0.15, -0.1) is 11.6 Å². The van der Waals surface area contributed by atoms with Gasteiger partial charge in [0, 0.05) is 18.1 Å². The first-order valence-electron chi connectivity index (χ1n) is 5.22. The van der Waals surface area contributed by atoms with Crippen LogP contribution in [0, 0.1) is 10.1 Å². The summed E-state index contributed by atoms with van der Waals surface area (Å²) >= 11 is 11.6. The third kappa shape index (κ3) is 3.33. The van der Waals surface area contributed by atoms with Gasteiger partial charge in [-0.25, -0.2) is 0 Å². The molecular weight excluding hydrogens is 291 g/mol. The Balaban J connectivity index is 2.31. The zero-order valence-electron chi connectivity index (χ0n) is 9.55. The lowest BCUT2D eigenvalue weighted by Crippen LogP contribution is -1.92. The van der Waals surface area contributed by atoms with E-state index in [0.29, 0.717) is 11.6 Å². The molecule has 0 aliphatic rings. The maximum absolute atomic E-state index is 10.7. The van der Waals surface area contributed by atoms with E-state index >= 15 is 0 Å². The zero-order valence-corrected chi connectivity index (χ0v) is 11.1. The van der Waals surface area contributed by atoms with Crippen LogP contribution in [0.25, 0.3) is 0 Å². The molecule has 1 aromatic heterocycles. The number of nitrogens with zero attached hydrogens (tertiary/aromatic N) is 2. The van der Waals surface area contributed by atoms with Crippen molar-refractivity contribution in [1.29, 1.82) is 0 Å². The highest BCUT2D eigenvalue weighted by Crippen LogP contribution is 2.32. The van der Waals surface area contributed by atoms with Gasteiger partial charge in [0.05, 0.1) is 22.2 Å². The standard InChI is InChI=1S/C12H8Cl2N2O3/c13-5-8-3-10(7-15-6-8)19-12-4-9(16(17)18)1-2-11(12)14/h1-4,6-7H,5H2. The van der Waals surface area contributed by atoms with Crippen molar-refractivity contribution >= 4 is 28.9 Å². The summed E-state index contributed by atoms with van der Waals surface area (Å²) in [5, 5.41) is 11.0. The summed E-state index contributed by atoms with van der Waals surface area (Å²) in [6.45, 7) is 0. The molecule has 0 spiro atoms. The SMILES string of the molecule is O=[N+]([O-])c1ccc(Cl)c(Oc2cncc(CCl)c2)c1. The average Bonchev–Trinajstić information content (AvgIpc) is 2.41. The van der Waals surface area contributed by atoms with E-state index in [1.165, 1.54) is 24.4 Å². The molecule has 0 saturated carbocycles. The van der Waals surface area contributed by atoms with Crippen molar-refractivity contribution in [2.75, 3.05) is 0 Å². The third-order valence-electron chi connectivity index (χ3n) is 2.28. The topological polar surface area (TPSA) is 65.3 Å². The van der Waals surface area contributed by atoms with E-state index in [1.807, 2.05) is 0 Å². The second-order valence-corrected chi connectivity index (χ2v) is 4.31. The van der Waals surface area contributed by atoms with Crippen LogP contribution in [0.2, 0.25) is 5.02 Å². The van der Waals surface area contributed by atoms with Gasteiger partial charge < -0.3 is 4.74 Å². The maximum atomic E-state index is 10.7. The van der Waals surface area contributed by atoms with Crippen LogP contribution in [0.15, 0.2) is 36.7 Å². The number of hydrogen-bond donors (Lipinski definition) is 0. The molecule has 0 aliphatic heterocycles. The Kier molecular flexibility index (Phi) is 4.19. The smallest absolute Gasteiger partial charge is 0.273 e. The fourth-order valence-corrected chi connectivity index (χ4v) is 1.71. The summed E-state index contributed by atoms with van der Waals surface area (Å²) in [6.07, 6.45) is 3.08. The first-order chi connectivity index (χ1) is 9.10. The molecule has 2 aromatic rings. The Labute approximate surface area is 118 Å². The Morgan fingerprint density at radius 1 is 1.32 bits per heavy atom. The molecule has 5 nitrogen and oxygen atoms in total. The van der Waals surface area contributed by atoms with Crippen molar-refractivity contribution in [2.24, 2.45) is 0 Å². The van der Waals surface area contributed by atoms with Crippen LogP contribution in [0.4, 0.5) is 5.69 Å². The minimum Gasteiger partial charge on any atom is -0.454 e. The first kappa shape index (κ1) is 13.6. The van der Waals surface area contributed by atoms with Crippen LogP contribution in [0.1, 0.15) is 5.56 Å². The van der Waals surface area contributed by atoms with Crippen LogP contribution in [0.3, 0.4) is 0 Å². The fourth-order valence-electron chi connectivity index (χ4n) is 1.40. The molecule has 0 N–H and O–H groups in total. The average molecular weight is 299 g/mol. The second-order valence-electron chi connectivity index (χ2n) is 3.64. The predicted molar refractivity (Wildman–Crippen MR) is 72.0 cm³/mol. The first-order valence-corrected chi connectivity index (χ1v) is 6.13. The van der Waals surface area contributed by atoms with E-state index in [-0.39, 0.29) is 16.5 Å².